The van der Waals surface area contributed by atoms with E-state index < -0.39 is 5.60 Å². The zero-order valence-electron chi connectivity index (χ0n) is 16.3. The predicted molar refractivity (Wildman–Crippen MR) is 109 cm³/mol. The lowest BCUT2D eigenvalue weighted by molar-refractivity contribution is -0.135. The molecule has 0 aromatic heterocycles. The van der Waals surface area contributed by atoms with Gasteiger partial charge in [0.2, 0.25) is 0 Å². The van der Waals surface area contributed by atoms with Crippen molar-refractivity contribution in [3.63, 3.8) is 0 Å². The summed E-state index contributed by atoms with van der Waals surface area (Å²) in [5.74, 6) is -0.279. The van der Waals surface area contributed by atoms with Crippen molar-refractivity contribution in [2.24, 2.45) is 0 Å². The van der Waals surface area contributed by atoms with Gasteiger partial charge in [0.05, 0.1) is 0 Å². The first-order valence-electron chi connectivity index (χ1n) is 10.4. The molecule has 2 N–H and O–H groups in total. The van der Waals surface area contributed by atoms with E-state index in [2.05, 4.69) is 12.2 Å². The van der Waals surface area contributed by atoms with Gasteiger partial charge in [0.1, 0.15) is 0 Å². The molecular formula is C23H35NO2. The number of carbonyl (C=O) groups is 1. The van der Waals surface area contributed by atoms with E-state index in [4.69, 9.17) is 0 Å². The van der Waals surface area contributed by atoms with E-state index in [0.717, 1.165) is 24.0 Å². The number of nitrogens with one attached hydrogen (secondary N) is 1. The van der Waals surface area contributed by atoms with E-state index >= 15 is 0 Å². The number of aliphatic hydroxyl groups is 1. The highest BCUT2D eigenvalue weighted by Gasteiger charge is 2.35. The summed E-state index contributed by atoms with van der Waals surface area (Å²) in [7, 11) is 0. The highest BCUT2D eigenvalue weighted by molar-refractivity contribution is 5.89. The number of hydrogen-bond donors (Lipinski definition) is 2. The second-order valence-corrected chi connectivity index (χ2v) is 7.57. The molecule has 0 saturated carbocycles. The highest BCUT2D eigenvalue weighted by atomic mass is 16.3. The molecule has 1 atom stereocenters. The Hall–Kier alpha value is -1.61. The number of rotatable bonds is 12. The van der Waals surface area contributed by atoms with Crippen molar-refractivity contribution in [3.8, 4) is 0 Å². The van der Waals surface area contributed by atoms with E-state index in [9.17, 15) is 9.90 Å². The van der Waals surface area contributed by atoms with Crippen LogP contribution in [0.3, 0.4) is 0 Å². The summed E-state index contributed by atoms with van der Waals surface area (Å²) < 4.78 is 0. The van der Waals surface area contributed by atoms with Crippen molar-refractivity contribution in [2.75, 3.05) is 6.54 Å². The molecule has 1 amide bonds. The van der Waals surface area contributed by atoms with Crippen LogP contribution in [0.15, 0.2) is 30.3 Å². The molecule has 0 saturated heterocycles. The Morgan fingerprint density at radius 1 is 1.00 bits per heavy atom. The standard InChI is InChI=1S/C23H35NO2/c1-2-3-4-5-6-7-8-9-10-13-18-24-22(25)23(26)17-16-20-14-11-12-15-21(20)19-23/h11-12,14-17,26H,2-10,13,18-19H2,1H3,(H,24,25). The van der Waals surface area contributed by atoms with Gasteiger partial charge in [-0.25, -0.2) is 0 Å². The zero-order chi connectivity index (χ0) is 18.7. The molecule has 3 heteroatoms. The lowest BCUT2D eigenvalue weighted by atomic mass is 9.85. The lowest BCUT2D eigenvalue weighted by Crippen LogP contribution is -2.48. The smallest absolute Gasteiger partial charge is 0.256 e. The Balaban J connectivity index is 1.56. The first kappa shape index (κ1) is 20.7. The average Bonchev–Trinajstić information content (AvgIpc) is 2.65. The number of amides is 1. The van der Waals surface area contributed by atoms with Crippen LogP contribution in [0.5, 0.6) is 0 Å². The van der Waals surface area contributed by atoms with Crippen molar-refractivity contribution in [3.05, 3.63) is 41.5 Å². The molecule has 1 aromatic rings. The first-order chi connectivity index (χ1) is 12.7. The maximum absolute atomic E-state index is 12.4. The topological polar surface area (TPSA) is 49.3 Å². The number of fused-ring (bicyclic) bond motifs is 1. The molecule has 0 radical (unpaired) electrons. The highest BCUT2D eigenvalue weighted by Crippen LogP contribution is 2.26. The van der Waals surface area contributed by atoms with Crippen molar-refractivity contribution in [1.82, 2.24) is 5.32 Å². The quantitative estimate of drug-likeness (QED) is 0.516. The van der Waals surface area contributed by atoms with Crippen molar-refractivity contribution >= 4 is 12.0 Å². The van der Waals surface area contributed by atoms with Gasteiger partial charge in [-0.05, 0) is 23.6 Å². The molecule has 26 heavy (non-hydrogen) atoms. The van der Waals surface area contributed by atoms with Gasteiger partial charge in [-0.3, -0.25) is 4.79 Å². The fourth-order valence-corrected chi connectivity index (χ4v) is 3.56. The van der Waals surface area contributed by atoms with Gasteiger partial charge >= 0.3 is 0 Å². The molecule has 1 aliphatic rings. The molecule has 0 fully saturated rings. The second-order valence-electron chi connectivity index (χ2n) is 7.57. The molecule has 0 heterocycles. The molecule has 1 aromatic carbocycles. The van der Waals surface area contributed by atoms with Gasteiger partial charge in [-0.15, -0.1) is 0 Å². The van der Waals surface area contributed by atoms with Gasteiger partial charge in [0.15, 0.2) is 5.60 Å². The van der Waals surface area contributed by atoms with Gasteiger partial charge in [-0.1, -0.05) is 95.1 Å². The summed E-state index contributed by atoms with van der Waals surface area (Å²) in [6.07, 6.45) is 16.6. The maximum atomic E-state index is 12.4. The number of benzene rings is 1. The largest absolute Gasteiger partial charge is 0.376 e. The Morgan fingerprint density at radius 2 is 1.62 bits per heavy atom. The number of unbranched alkanes of at least 4 members (excludes halogenated alkanes) is 9. The van der Waals surface area contributed by atoms with Gasteiger partial charge in [0.25, 0.3) is 5.91 Å². The molecule has 0 aliphatic heterocycles. The van der Waals surface area contributed by atoms with Crippen LogP contribution in [-0.2, 0) is 11.2 Å². The Morgan fingerprint density at radius 3 is 2.31 bits per heavy atom. The van der Waals surface area contributed by atoms with E-state index in [-0.39, 0.29) is 5.91 Å². The molecule has 144 valence electrons. The Kier molecular flexibility index (Phi) is 8.90. The average molecular weight is 358 g/mol. The second kappa shape index (κ2) is 11.2. The number of hydrogen-bond acceptors (Lipinski definition) is 2. The van der Waals surface area contributed by atoms with Gasteiger partial charge < -0.3 is 10.4 Å². The van der Waals surface area contributed by atoms with Crippen LogP contribution in [-0.4, -0.2) is 23.2 Å². The van der Waals surface area contributed by atoms with E-state index in [1.807, 2.05) is 30.3 Å². The first-order valence-corrected chi connectivity index (χ1v) is 10.4. The Bertz CT molecular complexity index is 581. The minimum absolute atomic E-state index is 0.279. The van der Waals surface area contributed by atoms with Gasteiger partial charge in [-0.2, -0.15) is 0 Å². The van der Waals surface area contributed by atoms with Crippen LogP contribution in [0.1, 0.15) is 82.3 Å². The molecule has 0 spiro atoms. The van der Waals surface area contributed by atoms with Crippen LogP contribution in [0, 0.1) is 0 Å². The summed E-state index contributed by atoms with van der Waals surface area (Å²) in [6.45, 7) is 2.90. The lowest BCUT2D eigenvalue weighted by Gasteiger charge is -2.27. The summed E-state index contributed by atoms with van der Waals surface area (Å²) in [5, 5.41) is 13.6. The fraction of sp³-hybridized carbons (Fsp3) is 0.609. The molecule has 0 bridgehead atoms. The van der Waals surface area contributed by atoms with Gasteiger partial charge in [0, 0.05) is 13.0 Å². The number of carbonyl (C=O) groups excluding carboxylic acids is 1. The summed E-state index contributed by atoms with van der Waals surface area (Å²) in [4.78, 5) is 12.4. The molecular weight excluding hydrogens is 322 g/mol. The predicted octanol–water partition coefficient (Wildman–Crippen LogP) is 5.02. The molecule has 3 nitrogen and oxygen atoms in total. The third-order valence-electron chi connectivity index (χ3n) is 5.26. The van der Waals surface area contributed by atoms with Crippen molar-refractivity contribution in [1.29, 1.82) is 0 Å². The van der Waals surface area contributed by atoms with E-state index in [0.29, 0.717) is 13.0 Å². The summed E-state index contributed by atoms with van der Waals surface area (Å²) >= 11 is 0. The third-order valence-corrected chi connectivity index (χ3v) is 5.26. The van der Waals surface area contributed by atoms with E-state index in [1.165, 1.54) is 51.4 Å². The van der Waals surface area contributed by atoms with Crippen molar-refractivity contribution in [2.45, 2.75) is 83.2 Å². The van der Waals surface area contributed by atoms with Crippen LogP contribution < -0.4 is 5.32 Å². The normalized spacial score (nSPS) is 18.5. The summed E-state index contributed by atoms with van der Waals surface area (Å²) in [5.41, 5.74) is 0.693. The monoisotopic (exact) mass is 357 g/mol. The Labute approximate surface area is 158 Å². The maximum Gasteiger partial charge on any atom is 0.256 e. The SMILES string of the molecule is CCCCCCCCCCCCNC(=O)C1(O)C=Cc2ccccc2C1. The van der Waals surface area contributed by atoms with Crippen LogP contribution >= 0.6 is 0 Å². The minimum Gasteiger partial charge on any atom is -0.376 e. The van der Waals surface area contributed by atoms with E-state index in [1.54, 1.807) is 6.08 Å². The summed E-state index contributed by atoms with van der Waals surface area (Å²) in [6, 6.07) is 7.89. The van der Waals surface area contributed by atoms with Crippen LogP contribution in [0.2, 0.25) is 0 Å². The molecule has 1 unspecified atom stereocenters. The molecule has 2 rings (SSSR count). The van der Waals surface area contributed by atoms with Crippen LogP contribution in [0.25, 0.3) is 6.08 Å². The molecule has 1 aliphatic carbocycles. The third kappa shape index (κ3) is 6.60. The van der Waals surface area contributed by atoms with Crippen molar-refractivity contribution < 1.29 is 9.90 Å². The fourth-order valence-electron chi connectivity index (χ4n) is 3.56. The zero-order valence-corrected chi connectivity index (χ0v) is 16.3. The minimum atomic E-state index is -1.41. The van der Waals surface area contributed by atoms with Crippen LogP contribution in [0.4, 0.5) is 0 Å².